The molecule has 0 saturated carbocycles. The highest BCUT2D eigenvalue weighted by molar-refractivity contribution is 6.35. The Kier molecular flexibility index (Phi) is 5.92. The molecule has 0 amide bonds. The van der Waals surface area contributed by atoms with Gasteiger partial charge in [0.25, 0.3) is 0 Å². The summed E-state index contributed by atoms with van der Waals surface area (Å²) < 4.78 is 0. The summed E-state index contributed by atoms with van der Waals surface area (Å²) in [5.74, 6) is 0. The lowest BCUT2D eigenvalue weighted by atomic mass is 10.1. The van der Waals surface area contributed by atoms with E-state index in [1.807, 2.05) is 36.4 Å². The molecule has 2 rings (SSSR count). The summed E-state index contributed by atoms with van der Waals surface area (Å²) in [7, 11) is 0. The van der Waals surface area contributed by atoms with Crippen LogP contribution in [0.2, 0.25) is 10.0 Å². The first kappa shape index (κ1) is 16.2. The number of nitrogens with zero attached hydrogens (tertiary/aromatic N) is 1. The lowest BCUT2D eigenvalue weighted by Crippen LogP contribution is -2.24. The number of anilines is 1. The van der Waals surface area contributed by atoms with E-state index >= 15 is 0 Å². The van der Waals surface area contributed by atoms with Crippen molar-refractivity contribution in [3.63, 3.8) is 0 Å². The first-order valence-electron chi connectivity index (χ1n) is 7.09. The summed E-state index contributed by atoms with van der Waals surface area (Å²) in [5, 5.41) is 1.44. The summed E-state index contributed by atoms with van der Waals surface area (Å²) in [6.45, 7) is 4.72. The molecular weight excluding hydrogens is 303 g/mol. The number of nitrogens with two attached hydrogens (primary N) is 1. The molecule has 2 nitrogen and oxygen atoms in total. The molecule has 0 aliphatic carbocycles. The van der Waals surface area contributed by atoms with Gasteiger partial charge < -0.3 is 5.73 Å². The quantitative estimate of drug-likeness (QED) is 0.759. The van der Waals surface area contributed by atoms with Crippen LogP contribution >= 0.6 is 23.2 Å². The SMILES string of the molecule is CCCN(Cc1cccc(N)c1)Cc1c(Cl)cccc1Cl. The highest BCUT2D eigenvalue weighted by Gasteiger charge is 2.11. The van der Waals surface area contributed by atoms with Crippen molar-refractivity contribution in [3.05, 3.63) is 63.6 Å². The summed E-state index contributed by atoms with van der Waals surface area (Å²) in [6, 6.07) is 13.6. The fourth-order valence-electron chi connectivity index (χ4n) is 2.39. The molecule has 0 spiro atoms. The van der Waals surface area contributed by atoms with Gasteiger partial charge in [0.2, 0.25) is 0 Å². The first-order chi connectivity index (χ1) is 10.1. The Bertz CT molecular complexity index is 579. The molecule has 0 saturated heterocycles. The normalized spacial score (nSPS) is 11.0. The monoisotopic (exact) mass is 322 g/mol. The number of hydrogen-bond acceptors (Lipinski definition) is 2. The molecule has 0 aliphatic heterocycles. The van der Waals surface area contributed by atoms with Crippen LogP contribution in [0.4, 0.5) is 5.69 Å². The van der Waals surface area contributed by atoms with Gasteiger partial charge in [0.1, 0.15) is 0 Å². The smallest absolute Gasteiger partial charge is 0.0465 e. The number of rotatable bonds is 6. The topological polar surface area (TPSA) is 29.3 Å². The molecule has 2 N–H and O–H groups in total. The average molecular weight is 323 g/mol. The van der Waals surface area contributed by atoms with E-state index in [1.54, 1.807) is 0 Å². The number of benzene rings is 2. The molecule has 0 bridgehead atoms. The highest BCUT2D eigenvalue weighted by atomic mass is 35.5. The van der Waals surface area contributed by atoms with Crippen molar-refractivity contribution in [1.29, 1.82) is 0 Å². The van der Waals surface area contributed by atoms with Gasteiger partial charge in [-0.15, -0.1) is 0 Å². The van der Waals surface area contributed by atoms with E-state index in [4.69, 9.17) is 28.9 Å². The van der Waals surface area contributed by atoms with Crippen molar-refractivity contribution in [1.82, 2.24) is 4.90 Å². The zero-order valence-corrected chi connectivity index (χ0v) is 13.7. The van der Waals surface area contributed by atoms with Gasteiger partial charge >= 0.3 is 0 Å². The van der Waals surface area contributed by atoms with Gasteiger partial charge in [0.15, 0.2) is 0 Å². The van der Waals surface area contributed by atoms with Crippen LogP contribution in [0.3, 0.4) is 0 Å². The lowest BCUT2D eigenvalue weighted by molar-refractivity contribution is 0.257. The minimum absolute atomic E-state index is 0.719. The Morgan fingerprint density at radius 2 is 1.67 bits per heavy atom. The first-order valence-corrected chi connectivity index (χ1v) is 7.85. The van der Waals surface area contributed by atoms with Crippen molar-refractivity contribution in [3.8, 4) is 0 Å². The second-order valence-corrected chi connectivity index (χ2v) is 5.97. The third-order valence-corrected chi connectivity index (χ3v) is 4.05. The zero-order valence-electron chi connectivity index (χ0n) is 12.2. The van der Waals surface area contributed by atoms with Crippen LogP contribution in [0.15, 0.2) is 42.5 Å². The summed E-state index contributed by atoms with van der Waals surface area (Å²) in [4.78, 5) is 2.34. The summed E-state index contributed by atoms with van der Waals surface area (Å²) in [5.41, 5.74) is 8.82. The van der Waals surface area contributed by atoms with Crippen LogP contribution in [0.5, 0.6) is 0 Å². The van der Waals surface area contributed by atoms with Crippen molar-refractivity contribution < 1.29 is 0 Å². The Labute approximate surface area is 136 Å². The summed E-state index contributed by atoms with van der Waals surface area (Å²) >= 11 is 12.5. The Morgan fingerprint density at radius 1 is 1.00 bits per heavy atom. The predicted molar refractivity (Wildman–Crippen MR) is 91.7 cm³/mol. The fraction of sp³-hybridized carbons (Fsp3) is 0.294. The molecule has 0 heterocycles. The molecule has 0 unspecified atom stereocenters. The van der Waals surface area contributed by atoms with Gasteiger partial charge in [-0.3, -0.25) is 4.90 Å². The maximum absolute atomic E-state index is 6.27. The molecular formula is C17H20Cl2N2. The maximum Gasteiger partial charge on any atom is 0.0465 e. The Hall–Kier alpha value is -1.22. The maximum atomic E-state index is 6.27. The van der Waals surface area contributed by atoms with Gasteiger partial charge in [-0.05, 0) is 42.8 Å². The average Bonchev–Trinajstić information content (AvgIpc) is 2.43. The van der Waals surface area contributed by atoms with E-state index < -0.39 is 0 Å². The van der Waals surface area contributed by atoms with Gasteiger partial charge in [0.05, 0.1) is 0 Å². The van der Waals surface area contributed by atoms with E-state index in [0.29, 0.717) is 0 Å². The van der Waals surface area contributed by atoms with Crippen LogP contribution in [-0.2, 0) is 13.1 Å². The number of nitrogen functional groups attached to an aromatic ring is 1. The molecule has 2 aromatic rings. The van der Waals surface area contributed by atoms with Crippen LogP contribution in [-0.4, -0.2) is 11.4 Å². The van der Waals surface area contributed by atoms with Gasteiger partial charge in [-0.1, -0.05) is 48.3 Å². The molecule has 0 radical (unpaired) electrons. The third kappa shape index (κ3) is 4.63. The van der Waals surface area contributed by atoms with Gasteiger partial charge in [-0.25, -0.2) is 0 Å². The van der Waals surface area contributed by atoms with Crippen molar-refractivity contribution in [2.45, 2.75) is 26.4 Å². The lowest BCUT2D eigenvalue weighted by Gasteiger charge is -2.23. The van der Waals surface area contributed by atoms with Crippen LogP contribution in [0.1, 0.15) is 24.5 Å². The van der Waals surface area contributed by atoms with E-state index in [0.717, 1.165) is 47.4 Å². The zero-order chi connectivity index (χ0) is 15.2. The molecule has 21 heavy (non-hydrogen) atoms. The molecule has 112 valence electrons. The molecule has 4 heteroatoms. The second-order valence-electron chi connectivity index (χ2n) is 5.16. The molecule has 0 atom stereocenters. The van der Waals surface area contributed by atoms with Crippen LogP contribution < -0.4 is 5.73 Å². The van der Waals surface area contributed by atoms with Crippen LogP contribution in [0, 0.1) is 0 Å². The van der Waals surface area contributed by atoms with E-state index in [1.165, 1.54) is 5.56 Å². The minimum Gasteiger partial charge on any atom is -0.399 e. The largest absolute Gasteiger partial charge is 0.399 e. The molecule has 2 aromatic carbocycles. The minimum atomic E-state index is 0.719. The van der Waals surface area contributed by atoms with Crippen molar-refractivity contribution in [2.24, 2.45) is 0 Å². The van der Waals surface area contributed by atoms with Crippen molar-refractivity contribution in [2.75, 3.05) is 12.3 Å². The third-order valence-electron chi connectivity index (χ3n) is 3.34. The second kappa shape index (κ2) is 7.69. The van der Waals surface area contributed by atoms with Crippen LogP contribution in [0.25, 0.3) is 0 Å². The van der Waals surface area contributed by atoms with Crippen molar-refractivity contribution >= 4 is 28.9 Å². The Balaban J connectivity index is 2.16. The predicted octanol–water partition coefficient (Wildman–Crippen LogP) is 4.99. The fourth-order valence-corrected chi connectivity index (χ4v) is 2.90. The highest BCUT2D eigenvalue weighted by Crippen LogP contribution is 2.26. The van der Waals surface area contributed by atoms with E-state index in [2.05, 4.69) is 17.9 Å². The number of hydrogen-bond donors (Lipinski definition) is 1. The molecule has 0 aliphatic rings. The number of halogens is 2. The molecule has 0 fully saturated rings. The van der Waals surface area contributed by atoms with Gasteiger partial charge in [0, 0.05) is 34.4 Å². The van der Waals surface area contributed by atoms with E-state index in [-0.39, 0.29) is 0 Å². The standard InChI is InChI=1S/C17H20Cl2N2/c1-2-9-21(11-13-5-3-6-14(20)10-13)12-15-16(18)7-4-8-17(15)19/h3-8,10H,2,9,11-12,20H2,1H3. The van der Waals surface area contributed by atoms with E-state index in [9.17, 15) is 0 Å². The van der Waals surface area contributed by atoms with Gasteiger partial charge in [-0.2, -0.15) is 0 Å². The Morgan fingerprint density at radius 3 is 2.29 bits per heavy atom. The summed E-state index contributed by atoms with van der Waals surface area (Å²) in [6.07, 6.45) is 1.07. The molecule has 0 aromatic heterocycles.